The van der Waals surface area contributed by atoms with Crippen LogP contribution in [-0.4, -0.2) is 22.8 Å². The monoisotopic (exact) mass is 373 g/mol. The van der Waals surface area contributed by atoms with Gasteiger partial charge in [-0.3, -0.25) is 4.79 Å². The van der Waals surface area contributed by atoms with E-state index in [1.807, 2.05) is 0 Å². The van der Waals surface area contributed by atoms with E-state index in [9.17, 15) is 13.6 Å². The van der Waals surface area contributed by atoms with Gasteiger partial charge in [-0.1, -0.05) is 11.2 Å². The largest absolute Gasteiger partial charge is 0.454 e. The van der Waals surface area contributed by atoms with E-state index in [0.29, 0.717) is 17.1 Å². The number of fused-ring (bicyclic) bond motifs is 1. The van der Waals surface area contributed by atoms with Crippen molar-refractivity contribution >= 4 is 5.91 Å². The van der Waals surface area contributed by atoms with Crippen LogP contribution in [0.5, 0.6) is 11.5 Å². The fraction of sp³-hybridized carbons (Fsp3) is 0.167. The van der Waals surface area contributed by atoms with Crippen LogP contribution in [-0.2, 0) is 0 Å². The minimum Gasteiger partial charge on any atom is -0.454 e. The van der Waals surface area contributed by atoms with Crippen molar-refractivity contribution in [1.82, 2.24) is 15.5 Å². The Morgan fingerprint density at radius 3 is 2.67 bits per heavy atom. The summed E-state index contributed by atoms with van der Waals surface area (Å²) in [6.07, 6.45) is 0. The summed E-state index contributed by atoms with van der Waals surface area (Å²) in [6, 6.07) is 7.60. The highest BCUT2D eigenvalue weighted by Gasteiger charge is 2.23. The molecule has 2 heterocycles. The molecule has 9 heteroatoms. The summed E-state index contributed by atoms with van der Waals surface area (Å²) < 4.78 is 43.1. The van der Waals surface area contributed by atoms with Crippen molar-refractivity contribution in [1.29, 1.82) is 0 Å². The van der Waals surface area contributed by atoms with E-state index in [1.165, 1.54) is 6.07 Å². The molecule has 27 heavy (non-hydrogen) atoms. The highest BCUT2D eigenvalue weighted by molar-refractivity contribution is 5.94. The van der Waals surface area contributed by atoms with E-state index >= 15 is 0 Å². The molecule has 0 radical (unpaired) electrons. The lowest BCUT2D eigenvalue weighted by atomic mass is 10.1. The molecule has 0 fully saturated rings. The molecule has 1 amide bonds. The van der Waals surface area contributed by atoms with Crippen molar-refractivity contribution in [2.24, 2.45) is 0 Å². The highest BCUT2D eigenvalue weighted by atomic mass is 19.1. The van der Waals surface area contributed by atoms with Crippen molar-refractivity contribution in [3.63, 3.8) is 0 Å². The molecule has 1 atom stereocenters. The first-order chi connectivity index (χ1) is 13.0. The fourth-order valence-corrected chi connectivity index (χ4v) is 2.61. The van der Waals surface area contributed by atoms with Gasteiger partial charge in [-0.2, -0.15) is 4.98 Å². The van der Waals surface area contributed by atoms with Crippen molar-refractivity contribution in [3.05, 3.63) is 59.5 Å². The quantitative estimate of drug-likeness (QED) is 0.756. The second-order valence-electron chi connectivity index (χ2n) is 5.82. The lowest BCUT2D eigenvalue weighted by Gasteiger charge is -2.10. The number of hydrogen-bond acceptors (Lipinski definition) is 6. The highest BCUT2D eigenvalue weighted by Crippen LogP contribution is 2.35. The predicted octanol–water partition coefficient (Wildman–Crippen LogP) is 3.23. The number of benzene rings is 2. The standard InChI is InChI=1S/C18H13F2N3O4/c1-9(21-17(24)15-11(19)3-2-4-12(15)20)18-22-16(23-27-18)10-5-6-13-14(7-10)26-8-25-13/h2-7,9H,8H2,1H3,(H,21,24)/t9-/m0/s1. The third-order valence-electron chi connectivity index (χ3n) is 3.98. The summed E-state index contributed by atoms with van der Waals surface area (Å²) in [5.41, 5.74) is -0.0345. The number of carbonyl (C=O) groups excluding carboxylic acids is 1. The van der Waals surface area contributed by atoms with E-state index in [4.69, 9.17) is 14.0 Å². The van der Waals surface area contributed by atoms with Gasteiger partial charge in [0.1, 0.15) is 23.2 Å². The molecule has 0 unspecified atom stereocenters. The Hall–Kier alpha value is -3.49. The summed E-state index contributed by atoms with van der Waals surface area (Å²) in [7, 11) is 0. The van der Waals surface area contributed by atoms with Gasteiger partial charge in [0.25, 0.3) is 5.91 Å². The number of ether oxygens (including phenoxy) is 2. The Morgan fingerprint density at radius 2 is 1.89 bits per heavy atom. The fourth-order valence-electron chi connectivity index (χ4n) is 2.61. The molecule has 0 bridgehead atoms. The van der Waals surface area contributed by atoms with Gasteiger partial charge in [0.2, 0.25) is 18.5 Å². The Balaban J connectivity index is 1.52. The van der Waals surface area contributed by atoms with Crippen LogP contribution in [0.2, 0.25) is 0 Å². The van der Waals surface area contributed by atoms with E-state index in [1.54, 1.807) is 25.1 Å². The van der Waals surface area contributed by atoms with Gasteiger partial charge in [-0.25, -0.2) is 8.78 Å². The first kappa shape index (κ1) is 17.0. The molecular weight excluding hydrogens is 360 g/mol. The molecular formula is C18H13F2N3O4. The first-order valence-electron chi connectivity index (χ1n) is 8.01. The van der Waals surface area contributed by atoms with Gasteiger partial charge in [-0.05, 0) is 37.3 Å². The van der Waals surface area contributed by atoms with Gasteiger partial charge in [0.15, 0.2) is 11.5 Å². The molecule has 1 aliphatic rings. The minimum absolute atomic E-state index is 0.0905. The third kappa shape index (κ3) is 3.19. The van der Waals surface area contributed by atoms with Crippen LogP contribution in [0.3, 0.4) is 0 Å². The normalized spacial score (nSPS) is 13.4. The molecule has 4 rings (SSSR count). The minimum atomic E-state index is -0.953. The molecule has 0 saturated carbocycles. The molecule has 1 aromatic heterocycles. The number of halogens is 2. The topological polar surface area (TPSA) is 86.5 Å². The second kappa shape index (κ2) is 6.67. The Morgan fingerprint density at radius 1 is 1.15 bits per heavy atom. The van der Waals surface area contributed by atoms with Crippen molar-refractivity contribution < 1.29 is 27.6 Å². The maximum atomic E-state index is 13.7. The van der Waals surface area contributed by atoms with Gasteiger partial charge < -0.3 is 19.3 Å². The van der Waals surface area contributed by atoms with Crippen LogP contribution < -0.4 is 14.8 Å². The summed E-state index contributed by atoms with van der Waals surface area (Å²) in [5.74, 6) is -1.27. The number of aromatic nitrogens is 2. The van der Waals surface area contributed by atoms with Crippen molar-refractivity contribution in [3.8, 4) is 22.9 Å². The summed E-state index contributed by atoms with van der Waals surface area (Å²) in [4.78, 5) is 16.4. The van der Waals surface area contributed by atoms with Gasteiger partial charge in [-0.15, -0.1) is 0 Å². The lowest BCUT2D eigenvalue weighted by Crippen LogP contribution is -2.28. The van der Waals surface area contributed by atoms with E-state index in [2.05, 4.69) is 15.5 Å². The average molecular weight is 373 g/mol. The SMILES string of the molecule is C[C@H](NC(=O)c1c(F)cccc1F)c1nc(-c2ccc3c(c2)OCO3)no1. The van der Waals surface area contributed by atoms with Crippen LogP contribution in [0.4, 0.5) is 8.78 Å². The Kier molecular flexibility index (Phi) is 4.19. The van der Waals surface area contributed by atoms with Gasteiger partial charge in [0.05, 0.1) is 0 Å². The molecule has 0 aliphatic carbocycles. The number of rotatable bonds is 4. The Labute approximate surface area is 151 Å². The zero-order chi connectivity index (χ0) is 19.0. The second-order valence-corrected chi connectivity index (χ2v) is 5.82. The van der Waals surface area contributed by atoms with E-state index < -0.39 is 29.1 Å². The van der Waals surface area contributed by atoms with Crippen LogP contribution in [0.1, 0.15) is 29.2 Å². The third-order valence-corrected chi connectivity index (χ3v) is 3.98. The number of hydrogen-bond donors (Lipinski definition) is 1. The smallest absolute Gasteiger partial charge is 0.257 e. The predicted molar refractivity (Wildman–Crippen MR) is 88.1 cm³/mol. The zero-order valence-corrected chi connectivity index (χ0v) is 14.0. The number of nitrogens with one attached hydrogen (secondary N) is 1. The van der Waals surface area contributed by atoms with Crippen LogP contribution in [0.15, 0.2) is 40.9 Å². The number of carbonyl (C=O) groups is 1. The van der Waals surface area contributed by atoms with Gasteiger partial charge >= 0.3 is 0 Å². The first-order valence-corrected chi connectivity index (χ1v) is 8.01. The van der Waals surface area contributed by atoms with Gasteiger partial charge in [0, 0.05) is 5.56 Å². The van der Waals surface area contributed by atoms with Crippen molar-refractivity contribution in [2.75, 3.05) is 6.79 Å². The lowest BCUT2D eigenvalue weighted by molar-refractivity contribution is 0.0924. The maximum Gasteiger partial charge on any atom is 0.257 e. The van der Waals surface area contributed by atoms with Crippen LogP contribution in [0, 0.1) is 11.6 Å². The molecule has 1 N–H and O–H groups in total. The van der Waals surface area contributed by atoms with Crippen molar-refractivity contribution in [2.45, 2.75) is 13.0 Å². The van der Waals surface area contributed by atoms with Crippen LogP contribution >= 0.6 is 0 Å². The van der Waals surface area contributed by atoms with E-state index in [-0.39, 0.29) is 18.5 Å². The average Bonchev–Trinajstić information content (AvgIpc) is 3.30. The maximum absolute atomic E-state index is 13.7. The van der Waals surface area contributed by atoms with E-state index in [0.717, 1.165) is 12.1 Å². The molecule has 1 aliphatic heterocycles. The number of nitrogens with zero attached hydrogens (tertiary/aromatic N) is 2. The summed E-state index contributed by atoms with van der Waals surface area (Å²) in [6.45, 7) is 1.71. The summed E-state index contributed by atoms with van der Waals surface area (Å²) in [5, 5.41) is 6.31. The summed E-state index contributed by atoms with van der Waals surface area (Å²) >= 11 is 0. The molecule has 138 valence electrons. The van der Waals surface area contributed by atoms with Crippen LogP contribution in [0.25, 0.3) is 11.4 Å². The molecule has 0 saturated heterocycles. The zero-order valence-electron chi connectivity index (χ0n) is 14.0. The molecule has 7 nitrogen and oxygen atoms in total. The number of amides is 1. The molecule has 3 aromatic rings. The molecule has 0 spiro atoms. The molecule has 2 aromatic carbocycles. The Bertz CT molecular complexity index is 1000.